The molecule has 0 heterocycles. The van der Waals surface area contributed by atoms with E-state index in [9.17, 15) is 4.39 Å². The smallest absolute Gasteiger partial charge is 0.207 e. The van der Waals surface area contributed by atoms with Crippen LogP contribution in [0.3, 0.4) is 0 Å². The molecular weight excluding hydrogens is 195 g/mol. The van der Waals surface area contributed by atoms with Gasteiger partial charge < -0.3 is 0 Å². The summed E-state index contributed by atoms with van der Waals surface area (Å²) in [6.07, 6.45) is 2.80. The van der Waals surface area contributed by atoms with Crippen molar-refractivity contribution >= 4 is 6.15 Å². The van der Waals surface area contributed by atoms with E-state index in [-0.39, 0.29) is 12.0 Å². The zero-order valence-corrected chi connectivity index (χ0v) is 8.57. The predicted molar refractivity (Wildman–Crippen MR) is 52.5 cm³/mol. The van der Waals surface area contributed by atoms with Gasteiger partial charge in [0.15, 0.2) is 0 Å². The average molecular weight is 208 g/mol. The van der Waals surface area contributed by atoms with Gasteiger partial charge in [-0.15, -0.1) is 0 Å². The lowest BCUT2D eigenvalue weighted by atomic mass is 10.1. The van der Waals surface area contributed by atoms with Crippen LogP contribution in [0.5, 0.6) is 0 Å². The molecule has 0 N–H and O–H groups in total. The van der Waals surface area contributed by atoms with Gasteiger partial charge in [0.25, 0.3) is 0 Å². The minimum Gasteiger partial charge on any atom is -0.207 e. The molecule has 3 heteroatoms. The monoisotopic (exact) mass is 208 g/mol. The van der Waals surface area contributed by atoms with Gasteiger partial charge in [-0.1, -0.05) is 25.5 Å². The number of hydrogen-bond acceptors (Lipinski definition) is 2. The summed E-state index contributed by atoms with van der Waals surface area (Å²) in [5.74, 6) is 1.44. The molecule has 1 fully saturated rings. The van der Waals surface area contributed by atoms with Crippen LogP contribution in [-0.2, 0) is 9.59 Å². The van der Waals surface area contributed by atoms with Crippen molar-refractivity contribution in [3.05, 3.63) is 35.6 Å². The van der Waals surface area contributed by atoms with E-state index in [1.165, 1.54) is 18.4 Å². The molecule has 0 amide bonds. The largest absolute Gasteiger partial charge is 0.373 e. The maximum atomic E-state index is 12.5. The van der Waals surface area contributed by atoms with Crippen LogP contribution in [-0.4, -0.2) is 6.15 Å². The van der Waals surface area contributed by atoms with Gasteiger partial charge in [0.2, 0.25) is 0 Å². The van der Waals surface area contributed by atoms with Gasteiger partial charge in [-0.05, 0) is 36.0 Å². The highest BCUT2D eigenvalue weighted by Gasteiger charge is 2.36. The van der Waals surface area contributed by atoms with Gasteiger partial charge in [0.05, 0.1) is 0 Å². The topological polar surface area (TPSA) is 34.1 Å². The molecule has 0 saturated heterocycles. The summed E-state index contributed by atoms with van der Waals surface area (Å²) in [6.45, 7) is 2.22. The molecule has 1 aromatic rings. The lowest BCUT2D eigenvalue weighted by Gasteiger charge is -1.97. The molecule has 0 spiro atoms. The Bertz CT molecular complexity index is 339. The van der Waals surface area contributed by atoms with E-state index < -0.39 is 0 Å². The molecule has 2 atom stereocenters. The molecule has 1 aliphatic carbocycles. The number of halogens is 1. The van der Waals surface area contributed by atoms with E-state index in [2.05, 4.69) is 6.92 Å². The third kappa shape index (κ3) is 3.30. The first-order chi connectivity index (χ1) is 7.22. The van der Waals surface area contributed by atoms with Crippen molar-refractivity contribution in [1.82, 2.24) is 0 Å². The van der Waals surface area contributed by atoms with Crippen molar-refractivity contribution in [1.29, 1.82) is 0 Å². The fourth-order valence-electron chi connectivity index (χ4n) is 1.82. The second kappa shape index (κ2) is 5.42. The third-order valence-corrected chi connectivity index (χ3v) is 2.75. The average Bonchev–Trinajstić information content (AvgIpc) is 2.99. The predicted octanol–water partition coefficient (Wildman–Crippen LogP) is 2.76. The van der Waals surface area contributed by atoms with Crippen molar-refractivity contribution in [2.45, 2.75) is 25.7 Å². The quantitative estimate of drug-likeness (QED) is 0.748. The number of rotatable bonds is 2. The van der Waals surface area contributed by atoms with Gasteiger partial charge in [0.1, 0.15) is 5.82 Å². The summed E-state index contributed by atoms with van der Waals surface area (Å²) in [4.78, 5) is 16.2. The molecule has 0 aliphatic heterocycles. The molecule has 0 aromatic heterocycles. The van der Waals surface area contributed by atoms with E-state index in [0.29, 0.717) is 0 Å². The standard InChI is InChI=1S/C11H13F.CO2/c1-2-8-7-11(8)9-3-5-10(12)6-4-9;2-1-3/h3-6,8,11H,2,7H2,1H3;/t8-,11-;/m1./s1. The molecule has 1 aliphatic rings. The van der Waals surface area contributed by atoms with Crippen LogP contribution in [0.2, 0.25) is 0 Å². The Morgan fingerprint density at radius 2 is 1.87 bits per heavy atom. The van der Waals surface area contributed by atoms with Crippen LogP contribution in [0, 0.1) is 11.7 Å². The first-order valence-corrected chi connectivity index (χ1v) is 4.97. The van der Waals surface area contributed by atoms with Gasteiger partial charge in [-0.3, -0.25) is 0 Å². The maximum absolute atomic E-state index is 12.5. The van der Waals surface area contributed by atoms with Crippen molar-refractivity contribution in [3.8, 4) is 0 Å². The Morgan fingerprint density at radius 3 is 2.27 bits per heavy atom. The molecule has 0 unspecified atom stereocenters. The molecule has 2 rings (SSSR count). The zero-order chi connectivity index (χ0) is 11.3. The van der Waals surface area contributed by atoms with Gasteiger partial charge in [-0.2, -0.15) is 9.59 Å². The Morgan fingerprint density at radius 1 is 1.33 bits per heavy atom. The van der Waals surface area contributed by atoms with E-state index >= 15 is 0 Å². The van der Waals surface area contributed by atoms with Crippen molar-refractivity contribution in [2.75, 3.05) is 0 Å². The van der Waals surface area contributed by atoms with Crippen LogP contribution in [0.15, 0.2) is 24.3 Å². The Kier molecular flexibility index (Phi) is 4.19. The summed E-state index contributed by atoms with van der Waals surface area (Å²) in [6, 6.07) is 6.94. The summed E-state index contributed by atoms with van der Waals surface area (Å²) in [5, 5.41) is 0. The van der Waals surface area contributed by atoms with Gasteiger partial charge in [-0.25, -0.2) is 4.39 Å². The Labute approximate surface area is 88.1 Å². The fraction of sp³-hybridized carbons (Fsp3) is 0.417. The van der Waals surface area contributed by atoms with Crippen molar-refractivity contribution in [2.24, 2.45) is 5.92 Å². The Hall–Kier alpha value is -1.47. The Balaban J connectivity index is 0.000000337. The summed E-state index contributed by atoms with van der Waals surface area (Å²) in [5.41, 5.74) is 1.31. The van der Waals surface area contributed by atoms with Gasteiger partial charge >= 0.3 is 6.15 Å². The van der Waals surface area contributed by atoms with Crippen LogP contribution in [0.1, 0.15) is 31.2 Å². The maximum Gasteiger partial charge on any atom is 0.373 e. The number of carbonyl (C=O) groups excluding carboxylic acids is 2. The van der Waals surface area contributed by atoms with Crippen LogP contribution in [0.4, 0.5) is 4.39 Å². The highest BCUT2D eigenvalue weighted by molar-refractivity contribution is 5.25. The number of benzene rings is 1. The highest BCUT2D eigenvalue weighted by atomic mass is 19.1. The van der Waals surface area contributed by atoms with E-state index in [1.807, 2.05) is 12.1 Å². The lowest BCUT2D eigenvalue weighted by molar-refractivity contribution is -0.191. The minimum atomic E-state index is -0.132. The molecule has 1 aromatic carbocycles. The summed E-state index contributed by atoms with van der Waals surface area (Å²) < 4.78 is 12.5. The normalized spacial score (nSPS) is 22.3. The fourth-order valence-corrected chi connectivity index (χ4v) is 1.82. The number of hydrogen-bond donors (Lipinski definition) is 0. The van der Waals surface area contributed by atoms with Crippen molar-refractivity contribution in [3.63, 3.8) is 0 Å². The van der Waals surface area contributed by atoms with E-state index in [4.69, 9.17) is 9.59 Å². The first kappa shape index (κ1) is 11.6. The molecule has 80 valence electrons. The SMILES string of the molecule is CC[C@@H]1C[C@H]1c1ccc(F)cc1.O=C=O. The van der Waals surface area contributed by atoms with E-state index in [0.717, 1.165) is 11.8 Å². The van der Waals surface area contributed by atoms with Gasteiger partial charge in [0, 0.05) is 0 Å². The van der Waals surface area contributed by atoms with E-state index in [1.54, 1.807) is 12.1 Å². The molecule has 0 bridgehead atoms. The molecule has 2 nitrogen and oxygen atoms in total. The highest BCUT2D eigenvalue weighted by Crippen LogP contribution is 2.49. The summed E-state index contributed by atoms with van der Waals surface area (Å²) >= 11 is 0. The summed E-state index contributed by atoms with van der Waals surface area (Å²) in [7, 11) is 0. The zero-order valence-electron chi connectivity index (χ0n) is 8.57. The molecular formula is C12H13FO2. The minimum absolute atomic E-state index is 0.132. The third-order valence-electron chi connectivity index (χ3n) is 2.75. The van der Waals surface area contributed by atoms with Crippen LogP contribution in [0.25, 0.3) is 0 Å². The first-order valence-electron chi connectivity index (χ1n) is 4.97. The molecule has 0 radical (unpaired) electrons. The molecule has 1 saturated carbocycles. The molecule has 15 heavy (non-hydrogen) atoms. The second-order valence-electron chi connectivity index (χ2n) is 3.65. The van der Waals surface area contributed by atoms with Crippen molar-refractivity contribution < 1.29 is 14.0 Å². The van der Waals surface area contributed by atoms with Crippen LogP contribution < -0.4 is 0 Å². The second-order valence-corrected chi connectivity index (χ2v) is 3.65. The lowest BCUT2D eigenvalue weighted by Crippen LogP contribution is -1.82. The van der Waals surface area contributed by atoms with Crippen LogP contribution >= 0.6 is 0 Å².